The fourth-order valence-electron chi connectivity index (χ4n) is 8.18. The van der Waals surface area contributed by atoms with Gasteiger partial charge in [0.15, 0.2) is 0 Å². The Labute approximate surface area is 299 Å². The van der Waals surface area contributed by atoms with Crippen LogP contribution in [0.15, 0.2) is 34.1 Å². The van der Waals surface area contributed by atoms with E-state index in [0.717, 1.165) is 43.8 Å². The van der Waals surface area contributed by atoms with E-state index in [9.17, 15) is 0 Å². The summed E-state index contributed by atoms with van der Waals surface area (Å²) in [5.41, 5.74) is 4.92. The van der Waals surface area contributed by atoms with Crippen molar-refractivity contribution in [1.82, 2.24) is 4.67 Å². The first-order chi connectivity index (χ1) is 21.9. The number of nitrogens with zero attached hydrogens (tertiary/aromatic N) is 1. The minimum atomic E-state index is -1.50. The summed E-state index contributed by atoms with van der Waals surface area (Å²) in [7, 11) is -1.50. The van der Waals surface area contributed by atoms with Crippen LogP contribution in [0.25, 0.3) is 0 Å². The van der Waals surface area contributed by atoms with Crippen LogP contribution in [-0.4, -0.2) is 29.0 Å². The molecule has 0 amide bonds. The molecule has 2 fully saturated rings. The molecule has 0 radical (unpaired) electrons. The van der Waals surface area contributed by atoms with Crippen molar-refractivity contribution in [3.8, 4) is 11.5 Å². The average Bonchev–Trinajstić information content (AvgIpc) is 2.90. The molecule has 0 spiro atoms. The zero-order valence-corrected chi connectivity index (χ0v) is 34.9. The summed E-state index contributed by atoms with van der Waals surface area (Å²) < 4.78 is 24.0. The number of ether oxygens (including phenoxy) is 1. The lowest BCUT2D eigenvalue weighted by molar-refractivity contribution is -0.0606. The molecule has 268 valence electrons. The van der Waals surface area contributed by atoms with Crippen molar-refractivity contribution >= 4 is 20.3 Å². The van der Waals surface area contributed by atoms with Crippen molar-refractivity contribution in [1.29, 1.82) is 0 Å². The van der Waals surface area contributed by atoms with Gasteiger partial charge >= 0.3 is 8.53 Å². The zero-order chi connectivity index (χ0) is 35.8. The number of piperidine rings is 1. The van der Waals surface area contributed by atoms with Gasteiger partial charge in [0.2, 0.25) is 0 Å². The van der Waals surface area contributed by atoms with E-state index in [-0.39, 0.29) is 27.2 Å². The molecule has 2 aromatic rings. The Balaban J connectivity index is 1.79. The highest BCUT2D eigenvalue weighted by Crippen LogP contribution is 2.63. The maximum absolute atomic E-state index is 7.53. The summed E-state index contributed by atoms with van der Waals surface area (Å²) in [5, 5.41) is 0. The molecule has 2 aliphatic heterocycles. The molecular weight excluding hydrogens is 630 g/mol. The van der Waals surface area contributed by atoms with E-state index >= 15 is 0 Å². The molecule has 2 heterocycles. The molecule has 5 rings (SSSR count). The van der Waals surface area contributed by atoms with E-state index < -0.39 is 8.53 Å². The van der Waals surface area contributed by atoms with Crippen molar-refractivity contribution in [2.24, 2.45) is 11.8 Å². The lowest BCUT2D eigenvalue weighted by Gasteiger charge is -2.57. The Morgan fingerprint density at radius 3 is 1.67 bits per heavy atom. The molecule has 4 nitrogen and oxygen atoms in total. The van der Waals surface area contributed by atoms with Crippen LogP contribution in [0, 0.1) is 11.8 Å². The molecule has 4 atom stereocenters. The number of benzene rings is 2. The largest absolute Gasteiger partial charge is 0.425 e. The van der Waals surface area contributed by atoms with E-state index in [4.69, 9.17) is 13.8 Å². The van der Waals surface area contributed by atoms with Gasteiger partial charge in [0.1, 0.15) is 11.5 Å². The van der Waals surface area contributed by atoms with E-state index in [0.29, 0.717) is 24.0 Å². The van der Waals surface area contributed by atoms with E-state index in [1.807, 2.05) is 11.8 Å². The van der Waals surface area contributed by atoms with Crippen LogP contribution in [0.4, 0.5) is 0 Å². The Morgan fingerprint density at radius 1 is 0.771 bits per heavy atom. The van der Waals surface area contributed by atoms with Gasteiger partial charge in [-0.2, -0.15) is 0 Å². The summed E-state index contributed by atoms with van der Waals surface area (Å²) in [6.07, 6.45) is 4.76. The monoisotopic (exact) mass is 695 g/mol. The molecule has 1 saturated heterocycles. The molecule has 48 heavy (non-hydrogen) atoms. The normalized spacial score (nSPS) is 25.6. The number of hydrogen-bond acceptors (Lipinski definition) is 5. The van der Waals surface area contributed by atoms with Gasteiger partial charge in [-0.25, -0.2) is 4.67 Å². The van der Waals surface area contributed by atoms with Crippen LogP contribution in [0.3, 0.4) is 0 Å². The quantitative estimate of drug-likeness (QED) is 0.298. The molecule has 2 aromatic carbocycles. The van der Waals surface area contributed by atoms with Gasteiger partial charge in [-0.15, -0.1) is 0 Å². The summed E-state index contributed by atoms with van der Waals surface area (Å²) in [4.78, 5) is 2.41. The number of hydrogen-bond donors (Lipinski definition) is 0. The van der Waals surface area contributed by atoms with Crippen LogP contribution in [0.1, 0.15) is 159 Å². The smallest absolute Gasteiger partial charge is 0.385 e. The third kappa shape index (κ3) is 7.66. The highest BCUT2D eigenvalue weighted by Gasteiger charge is 2.54. The van der Waals surface area contributed by atoms with Crippen molar-refractivity contribution in [2.45, 2.75) is 186 Å². The van der Waals surface area contributed by atoms with Gasteiger partial charge in [-0.1, -0.05) is 114 Å². The average molecular weight is 696 g/mol. The highest BCUT2D eigenvalue weighted by atomic mass is 32.2. The highest BCUT2D eigenvalue weighted by molar-refractivity contribution is 7.99. The predicted molar refractivity (Wildman–Crippen MR) is 206 cm³/mol. The molecule has 3 aliphatic rings. The first-order valence-corrected chi connectivity index (χ1v) is 20.5. The lowest BCUT2D eigenvalue weighted by atomic mass is 9.68. The van der Waals surface area contributed by atoms with Crippen molar-refractivity contribution < 1.29 is 13.8 Å². The van der Waals surface area contributed by atoms with Crippen LogP contribution in [-0.2, 0) is 26.4 Å². The third-order valence-electron chi connectivity index (χ3n) is 10.9. The second kappa shape index (κ2) is 13.1. The molecule has 1 aliphatic carbocycles. The molecular formula is C42H66NO3PS. The third-order valence-corrected chi connectivity index (χ3v) is 13.8. The molecule has 0 N–H and O–H groups in total. The number of rotatable bonds is 3. The second-order valence-electron chi connectivity index (χ2n) is 19.7. The van der Waals surface area contributed by atoms with Crippen molar-refractivity contribution in [3.05, 3.63) is 46.5 Å². The topological polar surface area (TPSA) is 30.9 Å². The Kier molecular flexibility index (Phi) is 10.3. The summed E-state index contributed by atoms with van der Waals surface area (Å²) in [5.74, 6) is 3.17. The van der Waals surface area contributed by atoms with Crippen LogP contribution in [0.2, 0.25) is 0 Å². The minimum absolute atomic E-state index is 0.00324. The Morgan fingerprint density at radius 2 is 1.25 bits per heavy atom. The first-order valence-electron chi connectivity index (χ1n) is 18.5. The minimum Gasteiger partial charge on any atom is -0.425 e. The van der Waals surface area contributed by atoms with Crippen LogP contribution < -0.4 is 9.05 Å². The van der Waals surface area contributed by atoms with E-state index in [1.54, 1.807) is 0 Å². The maximum Gasteiger partial charge on any atom is 0.385 e. The Hall–Kier alpha value is -1.26. The van der Waals surface area contributed by atoms with Gasteiger partial charge in [0.25, 0.3) is 0 Å². The summed E-state index contributed by atoms with van der Waals surface area (Å²) in [6.45, 7) is 38.1. The molecule has 0 aromatic heterocycles. The van der Waals surface area contributed by atoms with Gasteiger partial charge in [-0.3, -0.25) is 0 Å². The van der Waals surface area contributed by atoms with Crippen LogP contribution in [0.5, 0.6) is 11.5 Å². The predicted octanol–water partition coefficient (Wildman–Crippen LogP) is 12.7. The molecule has 0 bridgehead atoms. The molecule has 4 unspecified atom stereocenters. The zero-order valence-electron chi connectivity index (χ0n) is 33.2. The van der Waals surface area contributed by atoms with Gasteiger partial charge in [0, 0.05) is 29.3 Å². The maximum atomic E-state index is 7.53. The molecule has 6 heteroatoms. The first kappa shape index (κ1) is 38.0. The summed E-state index contributed by atoms with van der Waals surface area (Å²) in [6, 6.07) is 10.0. The second-order valence-corrected chi connectivity index (χ2v) is 22.0. The van der Waals surface area contributed by atoms with E-state index in [1.165, 1.54) is 32.0 Å². The Bertz CT molecular complexity index is 1410. The van der Waals surface area contributed by atoms with Gasteiger partial charge in [-0.05, 0) is 103 Å². The van der Waals surface area contributed by atoms with Gasteiger partial charge < -0.3 is 13.8 Å². The SMILES string of the molecule is CCOC1CCC2C(C1)C(C)CC(C)(C)N2P1Oc2c(cc(C(C)(C)C)cc2C(C)(C)C)Sc2cc(C(C)(C)C)cc(C(C)(C)C)c2O1. The van der Waals surface area contributed by atoms with Crippen LogP contribution >= 0.6 is 20.3 Å². The van der Waals surface area contributed by atoms with E-state index in [2.05, 4.69) is 140 Å². The fraction of sp³-hybridized carbons (Fsp3) is 0.714. The lowest BCUT2D eigenvalue weighted by Crippen LogP contribution is -2.59. The summed E-state index contributed by atoms with van der Waals surface area (Å²) >= 11 is 1.84. The van der Waals surface area contributed by atoms with Gasteiger partial charge in [0.05, 0.1) is 15.9 Å². The molecule has 1 saturated carbocycles. The number of fused-ring (bicyclic) bond motifs is 3. The van der Waals surface area contributed by atoms with Crippen molar-refractivity contribution in [3.63, 3.8) is 0 Å². The fourth-order valence-corrected chi connectivity index (χ4v) is 11.4. The van der Waals surface area contributed by atoms with Crippen molar-refractivity contribution in [2.75, 3.05) is 6.61 Å². The standard InChI is InChI=1S/C42H66NO3PS/c1-17-44-29-18-19-33-30(24-29)26(2)25-42(15,16)43(33)47-45-36-31(40(9,10)11)20-27(38(3,4)5)22-34(36)48-35-23-28(39(6,7)8)21-32(37(35)46-47)41(12,13)14/h20-23,26,29-30,33H,17-19,24-25H2,1-16H3.